The van der Waals surface area contributed by atoms with E-state index in [9.17, 15) is 4.79 Å². The van der Waals surface area contributed by atoms with Gasteiger partial charge in [-0.1, -0.05) is 23.2 Å². The van der Waals surface area contributed by atoms with E-state index in [0.717, 1.165) is 37.1 Å². The van der Waals surface area contributed by atoms with Crippen LogP contribution in [0.1, 0.15) is 41.6 Å². The molecule has 0 radical (unpaired) electrons. The van der Waals surface area contributed by atoms with E-state index in [1.165, 1.54) is 0 Å². The average Bonchev–Trinajstić information content (AvgIpc) is 2.70. The second-order valence-electron chi connectivity index (χ2n) is 7.80. The van der Waals surface area contributed by atoms with Crippen LogP contribution in [0.15, 0.2) is 24.4 Å². The van der Waals surface area contributed by atoms with E-state index in [2.05, 4.69) is 20.6 Å². The van der Waals surface area contributed by atoms with Crippen molar-refractivity contribution in [3.05, 3.63) is 45.6 Å². The SMILES string of the molecule is Cc1cnc(N[C@H]2CC[C@@H](CNC(=O)c3ccc(Cl)c(Cl)c3)CC2)nc1N(C)C. The van der Waals surface area contributed by atoms with Gasteiger partial charge in [-0.05, 0) is 56.7 Å². The molecular weight excluding hydrogens is 409 g/mol. The maximum absolute atomic E-state index is 12.3. The van der Waals surface area contributed by atoms with E-state index < -0.39 is 0 Å². The van der Waals surface area contributed by atoms with Crippen molar-refractivity contribution in [1.82, 2.24) is 15.3 Å². The first kappa shape index (κ1) is 21.7. The number of carbonyl (C=O) groups is 1. The molecule has 0 unspecified atom stereocenters. The van der Waals surface area contributed by atoms with Gasteiger partial charge in [0.25, 0.3) is 5.91 Å². The summed E-state index contributed by atoms with van der Waals surface area (Å²) < 4.78 is 0. The van der Waals surface area contributed by atoms with Crippen molar-refractivity contribution < 1.29 is 4.79 Å². The van der Waals surface area contributed by atoms with E-state index in [0.29, 0.717) is 40.1 Å². The van der Waals surface area contributed by atoms with Crippen LogP contribution in [0, 0.1) is 12.8 Å². The summed E-state index contributed by atoms with van der Waals surface area (Å²) in [4.78, 5) is 23.4. The molecule has 1 amide bonds. The Bertz CT molecular complexity index is 866. The highest BCUT2D eigenvalue weighted by atomic mass is 35.5. The van der Waals surface area contributed by atoms with Gasteiger partial charge in [0.1, 0.15) is 5.82 Å². The standard InChI is InChI=1S/C21H27Cl2N5O/c1-13-11-25-21(27-19(13)28(2)3)26-16-7-4-14(5-8-16)12-24-20(29)15-6-9-17(22)18(23)10-15/h6,9-11,14,16H,4-5,7-8,12H2,1-3H3,(H,24,29)(H,25,26,27)/t14-,16+. The highest BCUT2D eigenvalue weighted by Gasteiger charge is 2.22. The molecule has 0 saturated heterocycles. The normalized spacial score (nSPS) is 18.9. The summed E-state index contributed by atoms with van der Waals surface area (Å²) in [5, 5.41) is 7.32. The van der Waals surface area contributed by atoms with Gasteiger partial charge in [0.05, 0.1) is 10.0 Å². The molecule has 3 rings (SSSR count). The molecule has 1 aliphatic carbocycles. The Kier molecular flexibility index (Phi) is 7.19. The lowest BCUT2D eigenvalue weighted by Gasteiger charge is -2.29. The topological polar surface area (TPSA) is 70.1 Å². The highest BCUT2D eigenvalue weighted by Crippen LogP contribution is 2.27. The Morgan fingerprint density at radius 2 is 1.90 bits per heavy atom. The molecule has 2 aromatic rings. The third-order valence-electron chi connectivity index (χ3n) is 5.28. The maximum Gasteiger partial charge on any atom is 0.251 e. The summed E-state index contributed by atoms with van der Waals surface area (Å²) in [5.74, 6) is 1.96. The summed E-state index contributed by atoms with van der Waals surface area (Å²) >= 11 is 11.9. The zero-order chi connectivity index (χ0) is 21.0. The fourth-order valence-electron chi connectivity index (χ4n) is 3.63. The summed E-state index contributed by atoms with van der Waals surface area (Å²) in [5.41, 5.74) is 1.59. The molecule has 156 valence electrons. The van der Waals surface area contributed by atoms with Crippen molar-refractivity contribution in [3.8, 4) is 0 Å². The van der Waals surface area contributed by atoms with Crippen LogP contribution >= 0.6 is 23.2 Å². The molecule has 1 heterocycles. The Hall–Kier alpha value is -2.05. The van der Waals surface area contributed by atoms with Crippen molar-refractivity contribution >= 4 is 40.9 Å². The third kappa shape index (κ3) is 5.73. The number of amides is 1. The average molecular weight is 436 g/mol. The molecule has 29 heavy (non-hydrogen) atoms. The molecule has 0 atom stereocenters. The Labute approximate surface area is 182 Å². The van der Waals surface area contributed by atoms with Gasteiger partial charge in [-0.3, -0.25) is 4.79 Å². The summed E-state index contributed by atoms with van der Waals surface area (Å²) in [6.07, 6.45) is 6.01. The van der Waals surface area contributed by atoms with Gasteiger partial charge in [0.2, 0.25) is 5.95 Å². The summed E-state index contributed by atoms with van der Waals surface area (Å²) in [6.45, 7) is 2.67. The smallest absolute Gasteiger partial charge is 0.251 e. The predicted octanol–water partition coefficient (Wildman–Crippen LogP) is 4.56. The number of carbonyl (C=O) groups excluding carboxylic acids is 1. The number of aryl methyl sites for hydroxylation is 1. The van der Waals surface area contributed by atoms with Crippen molar-refractivity contribution in [2.24, 2.45) is 5.92 Å². The van der Waals surface area contributed by atoms with Crippen LogP contribution in [0.3, 0.4) is 0 Å². The minimum Gasteiger partial charge on any atom is -0.362 e. The second kappa shape index (κ2) is 9.63. The van der Waals surface area contributed by atoms with Gasteiger partial charge in [-0.2, -0.15) is 4.98 Å². The van der Waals surface area contributed by atoms with Gasteiger partial charge in [0, 0.05) is 44.0 Å². The molecule has 0 aliphatic heterocycles. The van der Waals surface area contributed by atoms with E-state index in [1.807, 2.05) is 32.1 Å². The van der Waals surface area contributed by atoms with E-state index >= 15 is 0 Å². The van der Waals surface area contributed by atoms with Gasteiger partial charge in [0.15, 0.2) is 0 Å². The molecule has 1 aromatic heterocycles. The molecule has 0 bridgehead atoms. The number of halogens is 2. The number of anilines is 2. The van der Waals surface area contributed by atoms with Gasteiger partial charge >= 0.3 is 0 Å². The minimum absolute atomic E-state index is 0.118. The van der Waals surface area contributed by atoms with E-state index in [4.69, 9.17) is 23.2 Å². The second-order valence-corrected chi connectivity index (χ2v) is 8.61. The Balaban J connectivity index is 1.46. The van der Waals surface area contributed by atoms with Crippen molar-refractivity contribution in [2.45, 2.75) is 38.6 Å². The Morgan fingerprint density at radius 1 is 1.17 bits per heavy atom. The number of nitrogens with one attached hydrogen (secondary N) is 2. The molecule has 8 heteroatoms. The molecule has 0 spiro atoms. The van der Waals surface area contributed by atoms with Gasteiger partial charge in [-0.25, -0.2) is 4.98 Å². The van der Waals surface area contributed by atoms with Crippen LogP contribution in [-0.2, 0) is 0 Å². The monoisotopic (exact) mass is 435 g/mol. The number of rotatable bonds is 6. The number of nitrogens with zero attached hydrogens (tertiary/aromatic N) is 3. The molecule has 1 aliphatic rings. The predicted molar refractivity (Wildman–Crippen MR) is 119 cm³/mol. The van der Waals surface area contributed by atoms with Crippen molar-refractivity contribution in [3.63, 3.8) is 0 Å². The van der Waals surface area contributed by atoms with Crippen LogP contribution < -0.4 is 15.5 Å². The largest absolute Gasteiger partial charge is 0.362 e. The lowest BCUT2D eigenvalue weighted by molar-refractivity contribution is 0.0943. The van der Waals surface area contributed by atoms with E-state index in [1.54, 1.807) is 18.2 Å². The molecule has 1 aromatic carbocycles. The van der Waals surface area contributed by atoms with E-state index in [-0.39, 0.29) is 5.91 Å². The van der Waals surface area contributed by atoms with Crippen LogP contribution in [0.5, 0.6) is 0 Å². The number of benzene rings is 1. The highest BCUT2D eigenvalue weighted by molar-refractivity contribution is 6.42. The lowest BCUT2D eigenvalue weighted by atomic mass is 9.86. The fraction of sp³-hybridized carbons (Fsp3) is 0.476. The first-order valence-electron chi connectivity index (χ1n) is 9.84. The van der Waals surface area contributed by atoms with Gasteiger partial charge in [-0.15, -0.1) is 0 Å². The first-order chi connectivity index (χ1) is 13.8. The third-order valence-corrected chi connectivity index (χ3v) is 6.02. The first-order valence-corrected chi connectivity index (χ1v) is 10.6. The number of hydrogen-bond acceptors (Lipinski definition) is 5. The van der Waals surface area contributed by atoms with Crippen LogP contribution in [0.2, 0.25) is 10.0 Å². The molecule has 2 N–H and O–H groups in total. The number of aromatic nitrogens is 2. The lowest BCUT2D eigenvalue weighted by Crippen LogP contribution is -2.34. The molecule has 1 fully saturated rings. The molecule has 1 saturated carbocycles. The van der Waals surface area contributed by atoms with Crippen LogP contribution in [0.25, 0.3) is 0 Å². The number of hydrogen-bond donors (Lipinski definition) is 2. The van der Waals surface area contributed by atoms with Crippen molar-refractivity contribution in [1.29, 1.82) is 0 Å². The summed E-state index contributed by atoms with van der Waals surface area (Å²) in [6, 6.07) is 5.29. The maximum atomic E-state index is 12.3. The molecule has 6 nitrogen and oxygen atoms in total. The van der Waals surface area contributed by atoms with Crippen LogP contribution in [-0.4, -0.2) is 42.6 Å². The Morgan fingerprint density at radius 3 is 2.55 bits per heavy atom. The van der Waals surface area contributed by atoms with Crippen LogP contribution in [0.4, 0.5) is 11.8 Å². The minimum atomic E-state index is -0.118. The quantitative estimate of drug-likeness (QED) is 0.695. The fourth-order valence-corrected chi connectivity index (χ4v) is 3.92. The summed E-state index contributed by atoms with van der Waals surface area (Å²) in [7, 11) is 3.97. The zero-order valence-corrected chi connectivity index (χ0v) is 18.5. The van der Waals surface area contributed by atoms with Gasteiger partial charge < -0.3 is 15.5 Å². The zero-order valence-electron chi connectivity index (χ0n) is 17.0. The molecular formula is C21H27Cl2N5O. The van der Waals surface area contributed by atoms with Crippen molar-refractivity contribution in [2.75, 3.05) is 30.9 Å².